The standard InChI is InChI=1S/C16H27ClN4O/c1-15(2)8-13(9-16(3,4)21-15)20-11-12(10-18)14(22)19-7-5-6-17/h11,13,20-21H,5-9H2,1-4H3,(H,19,22)/b12-11-. The number of piperidine rings is 1. The first-order valence-corrected chi connectivity index (χ1v) is 8.22. The molecule has 22 heavy (non-hydrogen) atoms. The summed E-state index contributed by atoms with van der Waals surface area (Å²) in [6.45, 7) is 9.13. The van der Waals surface area contributed by atoms with Crippen LogP contribution in [0.5, 0.6) is 0 Å². The lowest BCUT2D eigenvalue weighted by molar-refractivity contribution is -0.117. The Kier molecular flexibility index (Phi) is 6.70. The Hall–Kier alpha value is -1.25. The Labute approximate surface area is 138 Å². The van der Waals surface area contributed by atoms with Gasteiger partial charge in [-0.2, -0.15) is 5.26 Å². The van der Waals surface area contributed by atoms with Crippen molar-refractivity contribution in [3.8, 4) is 6.07 Å². The van der Waals surface area contributed by atoms with Gasteiger partial charge in [-0.15, -0.1) is 11.6 Å². The van der Waals surface area contributed by atoms with Crippen LogP contribution in [0.3, 0.4) is 0 Å². The van der Waals surface area contributed by atoms with Gasteiger partial charge >= 0.3 is 0 Å². The highest BCUT2D eigenvalue weighted by molar-refractivity contribution is 6.17. The molecule has 1 aliphatic heterocycles. The molecular formula is C16H27ClN4O. The summed E-state index contributed by atoms with van der Waals surface area (Å²) in [5, 5.41) is 18.7. The minimum Gasteiger partial charge on any atom is -0.387 e. The molecule has 1 heterocycles. The second-order valence-electron chi connectivity index (χ2n) is 7.13. The lowest BCUT2D eigenvalue weighted by Gasteiger charge is -2.46. The predicted molar refractivity (Wildman–Crippen MR) is 89.5 cm³/mol. The molecule has 1 fully saturated rings. The smallest absolute Gasteiger partial charge is 0.263 e. The van der Waals surface area contributed by atoms with Gasteiger partial charge in [-0.25, -0.2) is 0 Å². The lowest BCUT2D eigenvalue weighted by atomic mass is 9.80. The Morgan fingerprint density at radius 3 is 2.45 bits per heavy atom. The van der Waals surface area contributed by atoms with Gasteiger partial charge in [-0.3, -0.25) is 4.79 Å². The fourth-order valence-corrected chi connectivity index (χ4v) is 3.29. The van der Waals surface area contributed by atoms with Gasteiger partial charge in [-0.1, -0.05) is 0 Å². The van der Waals surface area contributed by atoms with E-state index in [1.807, 2.05) is 6.07 Å². The Morgan fingerprint density at radius 2 is 1.95 bits per heavy atom. The van der Waals surface area contributed by atoms with Crippen LogP contribution in [-0.4, -0.2) is 35.5 Å². The molecule has 0 aromatic carbocycles. The average molecular weight is 327 g/mol. The summed E-state index contributed by atoms with van der Waals surface area (Å²) in [5.74, 6) is 0.135. The molecule has 1 amide bonds. The molecule has 3 N–H and O–H groups in total. The first kappa shape index (κ1) is 18.8. The third-order valence-electron chi connectivity index (χ3n) is 3.61. The van der Waals surface area contributed by atoms with Gasteiger partial charge in [0.15, 0.2) is 0 Å². The van der Waals surface area contributed by atoms with Crippen LogP contribution in [0, 0.1) is 11.3 Å². The summed E-state index contributed by atoms with van der Waals surface area (Å²) >= 11 is 5.57. The van der Waals surface area contributed by atoms with Crippen molar-refractivity contribution >= 4 is 17.5 Å². The molecule has 124 valence electrons. The largest absolute Gasteiger partial charge is 0.387 e. The van der Waals surface area contributed by atoms with E-state index in [9.17, 15) is 4.79 Å². The van der Waals surface area contributed by atoms with Crippen molar-refractivity contribution in [3.63, 3.8) is 0 Å². The van der Waals surface area contributed by atoms with Crippen LogP contribution in [0.4, 0.5) is 0 Å². The number of nitrogens with zero attached hydrogens (tertiary/aromatic N) is 1. The molecule has 0 radical (unpaired) electrons. The molecule has 1 rings (SSSR count). The zero-order valence-electron chi connectivity index (χ0n) is 13.9. The van der Waals surface area contributed by atoms with Crippen LogP contribution >= 0.6 is 11.6 Å². The van der Waals surface area contributed by atoms with E-state index >= 15 is 0 Å². The maximum atomic E-state index is 11.9. The van der Waals surface area contributed by atoms with Gasteiger partial charge in [0.1, 0.15) is 11.6 Å². The van der Waals surface area contributed by atoms with Crippen molar-refractivity contribution in [3.05, 3.63) is 11.8 Å². The van der Waals surface area contributed by atoms with Crippen LogP contribution in [0.25, 0.3) is 0 Å². The zero-order chi connectivity index (χ0) is 16.8. The van der Waals surface area contributed by atoms with Crippen molar-refractivity contribution in [2.24, 2.45) is 0 Å². The van der Waals surface area contributed by atoms with Gasteiger partial charge in [0, 0.05) is 35.7 Å². The van der Waals surface area contributed by atoms with Crippen LogP contribution < -0.4 is 16.0 Å². The summed E-state index contributed by atoms with van der Waals surface area (Å²) in [6.07, 6.45) is 4.09. The van der Waals surface area contributed by atoms with Gasteiger partial charge in [-0.05, 0) is 47.0 Å². The second kappa shape index (κ2) is 7.85. The zero-order valence-corrected chi connectivity index (χ0v) is 14.7. The monoisotopic (exact) mass is 326 g/mol. The molecule has 6 heteroatoms. The first-order chi connectivity index (χ1) is 10.2. The van der Waals surface area contributed by atoms with Crippen LogP contribution in [-0.2, 0) is 4.79 Å². The van der Waals surface area contributed by atoms with Crippen LogP contribution in [0.1, 0.15) is 47.0 Å². The van der Waals surface area contributed by atoms with E-state index in [2.05, 4.69) is 43.6 Å². The summed E-state index contributed by atoms with van der Waals surface area (Å²) in [4.78, 5) is 11.9. The molecule has 0 bridgehead atoms. The maximum Gasteiger partial charge on any atom is 0.263 e. The number of carbonyl (C=O) groups is 1. The summed E-state index contributed by atoms with van der Waals surface area (Å²) in [6, 6.07) is 2.17. The quantitative estimate of drug-likeness (QED) is 0.302. The van der Waals surface area contributed by atoms with E-state index in [0.717, 1.165) is 12.8 Å². The molecule has 0 atom stereocenters. The number of halogens is 1. The van der Waals surface area contributed by atoms with E-state index in [4.69, 9.17) is 16.9 Å². The molecule has 1 aliphatic rings. The maximum absolute atomic E-state index is 11.9. The summed E-state index contributed by atoms with van der Waals surface area (Å²) in [5.41, 5.74) is 0.134. The summed E-state index contributed by atoms with van der Waals surface area (Å²) < 4.78 is 0. The minimum absolute atomic E-state index is 0.0165. The number of hydrogen-bond donors (Lipinski definition) is 3. The molecule has 1 saturated heterocycles. The molecule has 0 saturated carbocycles. The summed E-state index contributed by atoms with van der Waals surface area (Å²) in [7, 11) is 0. The Morgan fingerprint density at radius 1 is 1.36 bits per heavy atom. The number of carbonyl (C=O) groups excluding carboxylic acids is 1. The van der Waals surface area contributed by atoms with Gasteiger partial charge in [0.05, 0.1) is 0 Å². The fourth-order valence-electron chi connectivity index (χ4n) is 3.15. The Bertz CT molecular complexity index is 449. The molecule has 0 aromatic rings. The van der Waals surface area contributed by atoms with Crippen molar-refractivity contribution in [1.82, 2.24) is 16.0 Å². The lowest BCUT2D eigenvalue weighted by Crippen LogP contribution is -2.61. The highest BCUT2D eigenvalue weighted by atomic mass is 35.5. The number of nitriles is 1. The second-order valence-corrected chi connectivity index (χ2v) is 7.51. The minimum atomic E-state index is -0.354. The predicted octanol–water partition coefficient (Wildman–Crippen LogP) is 2.04. The molecule has 0 unspecified atom stereocenters. The Balaban J connectivity index is 2.64. The first-order valence-electron chi connectivity index (χ1n) is 7.69. The van der Waals surface area contributed by atoms with Crippen LogP contribution in [0.15, 0.2) is 11.8 Å². The normalized spacial score (nSPS) is 21.0. The molecule has 0 spiro atoms. The molecule has 5 nitrogen and oxygen atoms in total. The molecule has 0 aromatic heterocycles. The van der Waals surface area contributed by atoms with Gasteiger partial charge in [0.2, 0.25) is 0 Å². The van der Waals surface area contributed by atoms with Crippen molar-refractivity contribution in [2.45, 2.75) is 64.1 Å². The third-order valence-corrected chi connectivity index (χ3v) is 3.88. The van der Waals surface area contributed by atoms with Crippen molar-refractivity contribution < 1.29 is 4.79 Å². The number of rotatable bonds is 6. The van der Waals surface area contributed by atoms with Crippen molar-refractivity contribution in [1.29, 1.82) is 5.26 Å². The highest BCUT2D eigenvalue weighted by Crippen LogP contribution is 2.28. The van der Waals surface area contributed by atoms with E-state index in [1.165, 1.54) is 6.20 Å². The topological polar surface area (TPSA) is 77.0 Å². The van der Waals surface area contributed by atoms with Gasteiger partial charge in [0.25, 0.3) is 5.91 Å². The SMILES string of the molecule is CC1(C)CC(N/C=C(/C#N)C(=O)NCCCCl)CC(C)(C)N1. The van der Waals surface area contributed by atoms with E-state index < -0.39 is 0 Å². The van der Waals surface area contributed by atoms with E-state index in [1.54, 1.807) is 0 Å². The van der Waals surface area contributed by atoms with Crippen LogP contribution in [0.2, 0.25) is 0 Å². The number of amides is 1. The number of hydrogen-bond acceptors (Lipinski definition) is 4. The highest BCUT2D eigenvalue weighted by Gasteiger charge is 2.37. The van der Waals surface area contributed by atoms with E-state index in [-0.39, 0.29) is 28.6 Å². The average Bonchev–Trinajstić information content (AvgIpc) is 2.36. The fraction of sp³-hybridized carbons (Fsp3) is 0.750. The van der Waals surface area contributed by atoms with Gasteiger partial charge < -0.3 is 16.0 Å². The molecule has 0 aliphatic carbocycles. The van der Waals surface area contributed by atoms with Crippen molar-refractivity contribution in [2.75, 3.05) is 12.4 Å². The molecular weight excluding hydrogens is 300 g/mol. The van der Waals surface area contributed by atoms with E-state index in [0.29, 0.717) is 18.8 Å². The number of alkyl halides is 1. The third kappa shape index (κ3) is 6.25. The number of nitrogens with one attached hydrogen (secondary N) is 3.